The molecule has 3 nitrogen and oxygen atoms in total. The summed E-state index contributed by atoms with van der Waals surface area (Å²) in [7, 11) is 1.59. The number of rotatable bonds is 5. The van der Waals surface area contributed by atoms with Crippen molar-refractivity contribution in [1.29, 1.82) is 0 Å². The molecule has 2 aromatic carbocycles. The molecule has 1 saturated carbocycles. The molecule has 1 aliphatic heterocycles. The van der Waals surface area contributed by atoms with E-state index in [0.717, 1.165) is 23.8 Å². The first kappa shape index (κ1) is 17.9. The number of halogens is 3. The first-order valence-electron chi connectivity index (χ1n) is 8.96. The summed E-state index contributed by atoms with van der Waals surface area (Å²) in [5.74, 6) is 1.11. The Hall–Kier alpha value is -2.50. The Bertz CT molecular complexity index is 865. The fourth-order valence-corrected chi connectivity index (χ4v) is 4.07. The van der Waals surface area contributed by atoms with Crippen LogP contribution in [0.15, 0.2) is 48.5 Å². The number of hydrogen-bond acceptors (Lipinski definition) is 2. The first-order chi connectivity index (χ1) is 12.9. The molecular formula is C21H20F3NO2. The second-order valence-corrected chi connectivity index (χ2v) is 7.29. The van der Waals surface area contributed by atoms with Crippen molar-refractivity contribution in [2.45, 2.75) is 31.6 Å². The summed E-state index contributed by atoms with van der Waals surface area (Å²) in [6.07, 6.45) is -3.07. The molecular weight excluding hydrogens is 355 g/mol. The van der Waals surface area contributed by atoms with Crippen LogP contribution in [0.3, 0.4) is 0 Å². The van der Waals surface area contributed by atoms with Gasteiger partial charge in [0, 0.05) is 18.5 Å². The third kappa shape index (κ3) is 3.53. The van der Waals surface area contributed by atoms with Crippen molar-refractivity contribution in [1.82, 2.24) is 4.90 Å². The van der Waals surface area contributed by atoms with Crippen LogP contribution < -0.4 is 4.74 Å². The maximum atomic E-state index is 13.0. The van der Waals surface area contributed by atoms with Crippen molar-refractivity contribution in [3.8, 4) is 5.75 Å². The summed E-state index contributed by atoms with van der Waals surface area (Å²) in [6, 6.07) is 12.9. The van der Waals surface area contributed by atoms with Gasteiger partial charge in [-0.05, 0) is 48.1 Å². The fourth-order valence-electron chi connectivity index (χ4n) is 4.07. The second kappa shape index (κ2) is 6.59. The lowest BCUT2D eigenvalue weighted by Crippen LogP contribution is -2.37. The van der Waals surface area contributed by atoms with E-state index in [0.29, 0.717) is 18.5 Å². The highest BCUT2D eigenvalue weighted by Gasteiger charge is 2.58. The molecule has 0 spiro atoms. The summed E-state index contributed by atoms with van der Waals surface area (Å²) in [5.41, 5.74) is 0.930. The van der Waals surface area contributed by atoms with E-state index in [1.54, 1.807) is 13.2 Å². The minimum Gasteiger partial charge on any atom is -0.497 e. The number of nitrogens with zero attached hydrogens (tertiary/aromatic N) is 1. The van der Waals surface area contributed by atoms with Gasteiger partial charge in [-0.15, -0.1) is 0 Å². The van der Waals surface area contributed by atoms with Gasteiger partial charge in [-0.25, -0.2) is 0 Å². The molecule has 3 unspecified atom stereocenters. The quantitative estimate of drug-likeness (QED) is 0.780. The molecule has 0 aromatic heterocycles. The molecule has 0 bridgehead atoms. The van der Waals surface area contributed by atoms with Gasteiger partial charge in [0.05, 0.1) is 12.7 Å². The number of ether oxygens (including phenoxy) is 1. The van der Waals surface area contributed by atoms with E-state index in [-0.39, 0.29) is 23.8 Å². The minimum atomic E-state index is -4.36. The van der Waals surface area contributed by atoms with E-state index in [2.05, 4.69) is 0 Å². The van der Waals surface area contributed by atoms with Crippen LogP contribution >= 0.6 is 0 Å². The largest absolute Gasteiger partial charge is 0.497 e. The van der Waals surface area contributed by atoms with E-state index in [1.165, 1.54) is 12.1 Å². The van der Waals surface area contributed by atoms with Crippen molar-refractivity contribution < 1.29 is 22.7 Å². The molecule has 27 heavy (non-hydrogen) atoms. The highest BCUT2D eigenvalue weighted by molar-refractivity contribution is 5.85. The molecule has 2 fully saturated rings. The highest BCUT2D eigenvalue weighted by atomic mass is 19.4. The number of carbonyl (C=O) groups excluding carboxylic acids is 1. The maximum Gasteiger partial charge on any atom is 0.416 e. The normalized spacial score (nSPS) is 24.1. The van der Waals surface area contributed by atoms with Gasteiger partial charge in [-0.1, -0.05) is 30.3 Å². The number of amides is 1. The van der Waals surface area contributed by atoms with Gasteiger partial charge < -0.3 is 9.64 Å². The Balaban J connectivity index is 1.55. The minimum absolute atomic E-state index is 0.0337. The molecule has 1 amide bonds. The van der Waals surface area contributed by atoms with Gasteiger partial charge in [0.2, 0.25) is 5.91 Å². The number of alkyl halides is 3. The number of carbonyl (C=O) groups is 1. The van der Waals surface area contributed by atoms with Crippen LogP contribution in [0.25, 0.3) is 0 Å². The van der Waals surface area contributed by atoms with Crippen molar-refractivity contribution >= 4 is 5.91 Å². The number of fused-ring (bicyclic) bond motifs is 1. The van der Waals surface area contributed by atoms with E-state index < -0.39 is 11.7 Å². The predicted molar refractivity (Wildman–Crippen MR) is 94.1 cm³/mol. The van der Waals surface area contributed by atoms with Crippen molar-refractivity contribution in [3.63, 3.8) is 0 Å². The molecule has 2 aliphatic rings. The third-order valence-corrected chi connectivity index (χ3v) is 5.52. The third-order valence-electron chi connectivity index (χ3n) is 5.52. The molecule has 1 heterocycles. The van der Waals surface area contributed by atoms with Crippen LogP contribution in [0.4, 0.5) is 13.2 Å². The SMILES string of the molecule is COc1cccc(CN2C(=O)C3CC3C2Cc2cccc(C(F)(F)F)c2)c1. The average Bonchev–Trinajstić information content (AvgIpc) is 3.40. The molecule has 1 saturated heterocycles. The highest BCUT2D eigenvalue weighted by Crippen LogP contribution is 2.51. The van der Waals surface area contributed by atoms with E-state index in [1.807, 2.05) is 29.2 Å². The molecule has 4 rings (SSSR count). The van der Waals surface area contributed by atoms with Crippen LogP contribution in [0.2, 0.25) is 0 Å². The van der Waals surface area contributed by atoms with Gasteiger partial charge in [-0.2, -0.15) is 13.2 Å². The first-order valence-corrected chi connectivity index (χ1v) is 8.96. The number of likely N-dealkylation sites (tertiary alicyclic amines) is 1. The standard InChI is InChI=1S/C21H20F3NO2/c1-27-16-7-3-5-14(9-16)12-25-19(17-11-18(17)20(25)26)10-13-4-2-6-15(8-13)21(22,23)24/h2-9,17-19H,10-12H2,1H3. The molecule has 142 valence electrons. The zero-order valence-corrected chi connectivity index (χ0v) is 14.9. The molecule has 6 heteroatoms. The zero-order valence-electron chi connectivity index (χ0n) is 14.9. The predicted octanol–water partition coefficient (Wildman–Crippen LogP) is 4.30. The molecule has 0 N–H and O–H groups in total. The van der Waals surface area contributed by atoms with Gasteiger partial charge in [0.15, 0.2) is 0 Å². The van der Waals surface area contributed by atoms with E-state index in [4.69, 9.17) is 4.74 Å². The van der Waals surface area contributed by atoms with Crippen LogP contribution in [0, 0.1) is 11.8 Å². The van der Waals surface area contributed by atoms with Gasteiger partial charge in [0.1, 0.15) is 5.75 Å². The van der Waals surface area contributed by atoms with Crippen LogP contribution in [0.1, 0.15) is 23.1 Å². The summed E-state index contributed by atoms with van der Waals surface area (Å²) in [4.78, 5) is 14.5. The van der Waals surface area contributed by atoms with Crippen LogP contribution in [-0.2, 0) is 23.9 Å². The summed E-state index contributed by atoms with van der Waals surface area (Å²) < 4.78 is 44.2. The molecule has 3 atom stereocenters. The summed E-state index contributed by atoms with van der Waals surface area (Å²) >= 11 is 0. The maximum absolute atomic E-state index is 13.0. The number of methoxy groups -OCH3 is 1. The summed E-state index contributed by atoms with van der Waals surface area (Å²) in [6.45, 7) is 0.451. The molecule has 2 aromatic rings. The Kier molecular flexibility index (Phi) is 4.36. The lowest BCUT2D eigenvalue weighted by Gasteiger charge is -2.28. The van der Waals surface area contributed by atoms with Crippen LogP contribution in [-0.4, -0.2) is 24.0 Å². The van der Waals surface area contributed by atoms with E-state index >= 15 is 0 Å². The Morgan fingerprint density at radius 1 is 1.11 bits per heavy atom. The Morgan fingerprint density at radius 2 is 1.85 bits per heavy atom. The second-order valence-electron chi connectivity index (χ2n) is 7.29. The molecule has 0 radical (unpaired) electrons. The van der Waals surface area contributed by atoms with Gasteiger partial charge in [-0.3, -0.25) is 4.79 Å². The van der Waals surface area contributed by atoms with Gasteiger partial charge in [0.25, 0.3) is 0 Å². The number of benzene rings is 2. The smallest absolute Gasteiger partial charge is 0.416 e. The summed E-state index contributed by atoms with van der Waals surface area (Å²) in [5, 5.41) is 0. The zero-order chi connectivity index (χ0) is 19.2. The van der Waals surface area contributed by atoms with E-state index in [9.17, 15) is 18.0 Å². The van der Waals surface area contributed by atoms with Crippen LogP contribution in [0.5, 0.6) is 5.75 Å². The van der Waals surface area contributed by atoms with Crippen molar-refractivity contribution in [2.75, 3.05) is 7.11 Å². The molecule has 1 aliphatic carbocycles. The van der Waals surface area contributed by atoms with Gasteiger partial charge >= 0.3 is 6.18 Å². The average molecular weight is 375 g/mol. The Labute approximate surface area is 155 Å². The van der Waals surface area contributed by atoms with Crippen molar-refractivity contribution in [3.05, 3.63) is 65.2 Å². The Morgan fingerprint density at radius 3 is 2.59 bits per heavy atom. The number of piperidine rings is 1. The van der Waals surface area contributed by atoms with Crippen molar-refractivity contribution in [2.24, 2.45) is 11.8 Å². The topological polar surface area (TPSA) is 29.5 Å². The lowest BCUT2D eigenvalue weighted by molar-refractivity contribution is -0.137. The lowest BCUT2D eigenvalue weighted by atomic mass is 9.99. The monoisotopic (exact) mass is 375 g/mol. The fraction of sp³-hybridized carbons (Fsp3) is 0.381. The number of hydrogen-bond donors (Lipinski definition) is 0.